The molecule has 18 heavy (non-hydrogen) atoms. The first-order valence-electron chi connectivity index (χ1n) is 5.56. The molecule has 3 aromatic rings. The molecule has 0 amide bonds. The average Bonchev–Trinajstić information content (AvgIpc) is 2.92. The highest BCUT2D eigenvalue weighted by atomic mass is 32.2. The fraction of sp³-hybridized carbons (Fsp3) is 0.167. The highest BCUT2D eigenvalue weighted by molar-refractivity contribution is 7.98. The molecule has 0 aliphatic heterocycles. The number of imidazole rings is 2. The zero-order valence-corrected chi connectivity index (χ0v) is 10.7. The van der Waals surface area contributed by atoms with E-state index in [0.717, 1.165) is 33.5 Å². The summed E-state index contributed by atoms with van der Waals surface area (Å²) in [6.07, 6.45) is 3.74. The second-order valence-corrected chi connectivity index (χ2v) is 5.03. The fourth-order valence-electron chi connectivity index (χ4n) is 1.74. The maximum absolute atomic E-state index is 5.74. The topological polar surface area (TPSA) is 72.5 Å². The minimum absolute atomic E-state index is 0.742. The molecular weight excluding hydrogens is 246 g/mol. The molecule has 3 N–H and O–H groups in total. The van der Waals surface area contributed by atoms with Crippen LogP contribution in [0.3, 0.4) is 0 Å². The number of aryl methyl sites for hydroxylation is 1. The van der Waals surface area contributed by atoms with Gasteiger partial charge in [-0.1, -0.05) is 11.8 Å². The Bertz CT molecular complexity index is 685. The van der Waals surface area contributed by atoms with Crippen molar-refractivity contribution in [2.75, 3.05) is 5.73 Å². The number of nitrogen functional groups attached to an aromatic ring is 1. The van der Waals surface area contributed by atoms with E-state index < -0.39 is 0 Å². The van der Waals surface area contributed by atoms with E-state index in [9.17, 15) is 0 Å². The molecule has 0 spiro atoms. The van der Waals surface area contributed by atoms with E-state index in [4.69, 9.17) is 5.73 Å². The largest absolute Gasteiger partial charge is 0.399 e. The minimum atomic E-state index is 0.742. The molecule has 2 aromatic heterocycles. The van der Waals surface area contributed by atoms with Crippen molar-refractivity contribution < 1.29 is 0 Å². The van der Waals surface area contributed by atoms with Gasteiger partial charge in [-0.3, -0.25) is 0 Å². The number of aromatic amines is 1. The lowest BCUT2D eigenvalue weighted by Gasteiger charge is -1.98. The molecule has 0 fully saturated rings. The highest BCUT2D eigenvalue weighted by Crippen LogP contribution is 2.23. The van der Waals surface area contributed by atoms with Crippen LogP contribution in [-0.4, -0.2) is 19.5 Å². The summed E-state index contributed by atoms with van der Waals surface area (Å²) in [5.74, 6) is 1.82. The van der Waals surface area contributed by atoms with Crippen LogP contribution in [0.4, 0.5) is 5.69 Å². The predicted molar refractivity (Wildman–Crippen MR) is 73.3 cm³/mol. The van der Waals surface area contributed by atoms with Gasteiger partial charge in [-0.25, -0.2) is 9.97 Å². The zero-order chi connectivity index (χ0) is 12.5. The molecule has 92 valence electrons. The van der Waals surface area contributed by atoms with E-state index >= 15 is 0 Å². The maximum atomic E-state index is 5.74. The molecular formula is C12H13N5S. The van der Waals surface area contributed by atoms with E-state index in [1.807, 2.05) is 36.0 Å². The number of hydrogen-bond donors (Lipinski definition) is 2. The molecule has 0 saturated carbocycles. The standard InChI is InChI=1S/C12H13N5S/c1-17-5-4-14-11(17)7-18-12-15-9-3-2-8(13)6-10(9)16-12/h2-6H,7,13H2,1H3,(H,15,16). The number of anilines is 1. The Morgan fingerprint density at radius 3 is 3.11 bits per heavy atom. The van der Waals surface area contributed by atoms with Gasteiger partial charge in [0, 0.05) is 25.1 Å². The smallest absolute Gasteiger partial charge is 0.166 e. The first-order chi connectivity index (χ1) is 8.72. The molecule has 0 unspecified atom stereocenters. The van der Waals surface area contributed by atoms with Crippen LogP contribution in [0.5, 0.6) is 0 Å². The van der Waals surface area contributed by atoms with E-state index in [-0.39, 0.29) is 0 Å². The molecule has 0 atom stereocenters. The highest BCUT2D eigenvalue weighted by Gasteiger charge is 2.06. The zero-order valence-electron chi connectivity index (χ0n) is 9.92. The quantitative estimate of drug-likeness (QED) is 0.558. The lowest BCUT2D eigenvalue weighted by Crippen LogP contribution is -1.94. The van der Waals surface area contributed by atoms with Gasteiger partial charge in [0.1, 0.15) is 5.82 Å². The van der Waals surface area contributed by atoms with Gasteiger partial charge >= 0.3 is 0 Å². The minimum Gasteiger partial charge on any atom is -0.399 e. The van der Waals surface area contributed by atoms with E-state index in [1.54, 1.807) is 18.0 Å². The van der Waals surface area contributed by atoms with Gasteiger partial charge in [-0.2, -0.15) is 0 Å². The van der Waals surface area contributed by atoms with E-state index in [2.05, 4.69) is 15.0 Å². The molecule has 0 aliphatic rings. The predicted octanol–water partition coefficient (Wildman–Crippen LogP) is 2.17. The van der Waals surface area contributed by atoms with Crippen LogP contribution in [-0.2, 0) is 12.8 Å². The molecule has 0 aliphatic carbocycles. The number of H-pyrrole nitrogens is 1. The van der Waals surface area contributed by atoms with Gasteiger partial charge in [-0.05, 0) is 18.2 Å². The van der Waals surface area contributed by atoms with Crippen LogP contribution in [0.1, 0.15) is 5.82 Å². The summed E-state index contributed by atoms with van der Waals surface area (Å²) in [5, 5.41) is 0.888. The first kappa shape index (κ1) is 11.2. The Labute approximate surface area is 108 Å². The number of rotatable bonds is 3. The normalized spacial score (nSPS) is 11.2. The first-order valence-corrected chi connectivity index (χ1v) is 6.55. The molecule has 5 nitrogen and oxygen atoms in total. The number of hydrogen-bond acceptors (Lipinski definition) is 4. The molecule has 0 bridgehead atoms. The van der Waals surface area contributed by atoms with Gasteiger partial charge in [0.15, 0.2) is 5.16 Å². The summed E-state index contributed by atoms with van der Waals surface area (Å²) in [5.41, 5.74) is 8.38. The number of fused-ring (bicyclic) bond motifs is 1. The van der Waals surface area contributed by atoms with Crippen molar-refractivity contribution in [2.24, 2.45) is 7.05 Å². The molecule has 0 saturated heterocycles. The third-order valence-corrected chi connectivity index (χ3v) is 3.61. The van der Waals surface area contributed by atoms with E-state index in [1.165, 1.54) is 0 Å². The van der Waals surface area contributed by atoms with Crippen molar-refractivity contribution in [2.45, 2.75) is 10.9 Å². The number of nitrogens with two attached hydrogens (primary N) is 1. The number of thioether (sulfide) groups is 1. The van der Waals surface area contributed by atoms with Crippen LogP contribution in [0.2, 0.25) is 0 Å². The van der Waals surface area contributed by atoms with Crippen molar-refractivity contribution in [3.8, 4) is 0 Å². The summed E-state index contributed by atoms with van der Waals surface area (Å²) in [7, 11) is 1.99. The van der Waals surface area contributed by atoms with Crippen LogP contribution >= 0.6 is 11.8 Å². The molecule has 2 heterocycles. The number of aromatic nitrogens is 4. The molecule has 1 aromatic carbocycles. The monoisotopic (exact) mass is 259 g/mol. The van der Waals surface area contributed by atoms with Gasteiger partial charge < -0.3 is 15.3 Å². The van der Waals surface area contributed by atoms with Crippen molar-refractivity contribution in [3.63, 3.8) is 0 Å². The van der Waals surface area contributed by atoms with Crippen LogP contribution in [0, 0.1) is 0 Å². The third kappa shape index (κ3) is 2.06. The second kappa shape index (κ2) is 4.38. The van der Waals surface area contributed by atoms with Crippen molar-refractivity contribution >= 4 is 28.5 Å². The number of nitrogens with zero attached hydrogens (tertiary/aromatic N) is 3. The molecule has 6 heteroatoms. The van der Waals surface area contributed by atoms with Crippen LogP contribution in [0.15, 0.2) is 35.7 Å². The Hall–Kier alpha value is -1.95. The summed E-state index contributed by atoms with van der Waals surface area (Å²) in [4.78, 5) is 12.0. The van der Waals surface area contributed by atoms with Crippen LogP contribution < -0.4 is 5.73 Å². The molecule has 0 radical (unpaired) electrons. The molecule has 3 rings (SSSR count). The van der Waals surface area contributed by atoms with Gasteiger partial charge in [0.25, 0.3) is 0 Å². The van der Waals surface area contributed by atoms with Crippen molar-refractivity contribution in [1.29, 1.82) is 0 Å². The van der Waals surface area contributed by atoms with Gasteiger partial charge in [0.2, 0.25) is 0 Å². The lowest BCUT2D eigenvalue weighted by atomic mass is 10.3. The second-order valence-electron chi connectivity index (χ2n) is 4.06. The Morgan fingerprint density at radius 1 is 1.44 bits per heavy atom. The van der Waals surface area contributed by atoms with Crippen molar-refractivity contribution in [1.82, 2.24) is 19.5 Å². The Morgan fingerprint density at radius 2 is 2.33 bits per heavy atom. The summed E-state index contributed by atoms with van der Waals surface area (Å²) < 4.78 is 2.01. The summed E-state index contributed by atoms with van der Waals surface area (Å²) in [6.45, 7) is 0. The lowest BCUT2D eigenvalue weighted by molar-refractivity contribution is 0.848. The van der Waals surface area contributed by atoms with Crippen molar-refractivity contribution in [3.05, 3.63) is 36.4 Å². The maximum Gasteiger partial charge on any atom is 0.166 e. The average molecular weight is 259 g/mol. The van der Waals surface area contributed by atoms with E-state index in [0.29, 0.717) is 0 Å². The SMILES string of the molecule is Cn1ccnc1CSc1nc2ccc(N)cc2[nH]1. The van der Waals surface area contributed by atoms with Gasteiger partial charge in [0.05, 0.1) is 16.8 Å². The fourth-order valence-corrected chi connectivity index (χ4v) is 2.63. The van der Waals surface area contributed by atoms with Crippen LogP contribution in [0.25, 0.3) is 11.0 Å². The third-order valence-electron chi connectivity index (χ3n) is 2.74. The Kier molecular flexibility index (Phi) is 2.71. The Balaban J connectivity index is 1.81. The summed E-state index contributed by atoms with van der Waals surface area (Å²) in [6, 6.07) is 5.68. The summed E-state index contributed by atoms with van der Waals surface area (Å²) >= 11 is 1.63. The van der Waals surface area contributed by atoms with Gasteiger partial charge in [-0.15, -0.1) is 0 Å². The number of nitrogens with one attached hydrogen (secondary N) is 1. The number of benzene rings is 1.